The molecule has 1 N–H and O–H groups in total. The molecule has 0 aromatic carbocycles. The largest absolute Gasteiger partial charge is 0.350 e. The van der Waals surface area contributed by atoms with Crippen LogP contribution in [0.5, 0.6) is 0 Å². The average Bonchev–Trinajstić information content (AvgIpc) is 2.64. The molecule has 0 heterocycles. The fraction of sp³-hybridized carbons (Fsp3) is 0.750. The SMILES string of the molecule is C=CC(=O)NC1CCC2CCCC2C1. The van der Waals surface area contributed by atoms with Gasteiger partial charge in [0.25, 0.3) is 0 Å². The molecule has 0 spiro atoms. The van der Waals surface area contributed by atoms with Crippen molar-refractivity contribution >= 4 is 5.91 Å². The minimum Gasteiger partial charge on any atom is -0.350 e. The maximum Gasteiger partial charge on any atom is 0.243 e. The molecule has 0 aliphatic heterocycles. The molecule has 2 heteroatoms. The summed E-state index contributed by atoms with van der Waals surface area (Å²) in [6, 6.07) is 0.417. The van der Waals surface area contributed by atoms with Crippen molar-refractivity contribution in [3.8, 4) is 0 Å². The predicted octanol–water partition coefficient (Wildman–Crippen LogP) is 2.26. The summed E-state index contributed by atoms with van der Waals surface area (Å²) in [5.74, 6) is 1.84. The molecule has 1 amide bonds. The van der Waals surface area contributed by atoms with Crippen molar-refractivity contribution in [2.24, 2.45) is 11.8 Å². The number of nitrogens with one attached hydrogen (secondary N) is 1. The van der Waals surface area contributed by atoms with Crippen LogP contribution >= 0.6 is 0 Å². The Labute approximate surface area is 85.8 Å². The van der Waals surface area contributed by atoms with Gasteiger partial charge < -0.3 is 5.32 Å². The predicted molar refractivity (Wildman–Crippen MR) is 56.8 cm³/mol. The molecule has 0 aromatic heterocycles. The number of amides is 1. The van der Waals surface area contributed by atoms with Crippen molar-refractivity contribution in [2.45, 2.75) is 44.6 Å². The summed E-state index contributed by atoms with van der Waals surface area (Å²) >= 11 is 0. The second-order valence-corrected chi connectivity index (χ2v) is 4.67. The van der Waals surface area contributed by atoms with E-state index in [9.17, 15) is 4.79 Å². The second kappa shape index (κ2) is 4.16. The van der Waals surface area contributed by atoms with E-state index in [0.29, 0.717) is 6.04 Å². The van der Waals surface area contributed by atoms with E-state index in [1.165, 1.54) is 44.6 Å². The first-order chi connectivity index (χ1) is 6.79. The molecular formula is C12H19NO. The van der Waals surface area contributed by atoms with Crippen molar-refractivity contribution in [1.82, 2.24) is 5.32 Å². The molecule has 0 bridgehead atoms. The van der Waals surface area contributed by atoms with E-state index in [2.05, 4.69) is 11.9 Å². The summed E-state index contributed by atoms with van der Waals surface area (Å²) < 4.78 is 0. The van der Waals surface area contributed by atoms with Crippen LogP contribution in [0.3, 0.4) is 0 Å². The van der Waals surface area contributed by atoms with Crippen LogP contribution in [0.2, 0.25) is 0 Å². The first-order valence-corrected chi connectivity index (χ1v) is 5.72. The van der Waals surface area contributed by atoms with Crippen LogP contribution < -0.4 is 5.32 Å². The number of carbonyl (C=O) groups is 1. The van der Waals surface area contributed by atoms with E-state index in [0.717, 1.165) is 11.8 Å². The Bertz CT molecular complexity index is 236. The van der Waals surface area contributed by atoms with E-state index in [1.54, 1.807) is 0 Å². The van der Waals surface area contributed by atoms with Crippen LogP contribution in [0.1, 0.15) is 38.5 Å². The van der Waals surface area contributed by atoms with Gasteiger partial charge in [0.2, 0.25) is 5.91 Å². The standard InChI is InChI=1S/C12H19NO/c1-2-12(14)13-11-7-6-9-4-3-5-10(9)8-11/h2,9-11H,1,3-8H2,(H,13,14). The van der Waals surface area contributed by atoms with Gasteiger partial charge in [-0.3, -0.25) is 4.79 Å². The third-order valence-electron chi connectivity index (χ3n) is 3.82. The van der Waals surface area contributed by atoms with Gasteiger partial charge in [-0.2, -0.15) is 0 Å². The number of rotatable bonds is 2. The molecule has 2 nitrogen and oxygen atoms in total. The van der Waals surface area contributed by atoms with Gasteiger partial charge in [-0.15, -0.1) is 0 Å². The molecule has 2 aliphatic rings. The Hall–Kier alpha value is -0.790. The smallest absolute Gasteiger partial charge is 0.243 e. The molecule has 2 fully saturated rings. The molecule has 0 aromatic rings. The number of hydrogen-bond acceptors (Lipinski definition) is 1. The van der Waals surface area contributed by atoms with Crippen LogP contribution in [0, 0.1) is 11.8 Å². The summed E-state index contributed by atoms with van der Waals surface area (Å²) in [6.07, 6.45) is 9.26. The molecule has 0 saturated heterocycles. The molecule has 2 saturated carbocycles. The Morgan fingerprint density at radius 1 is 1.21 bits per heavy atom. The first-order valence-electron chi connectivity index (χ1n) is 5.72. The highest BCUT2D eigenvalue weighted by atomic mass is 16.1. The molecule has 0 radical (unpaired) electrons. The zero-order valence-corrected chi connectivity index (χ0v) is 8.67. The third kappa shape index (κ3) is 1.99. The van der Waals surface area contributed by atoms with Gasteiger partial charge in [-0.05, 0) is 37.2 Å². The summed E-state index contributed by atoms with van der Waals surface area (Å²) in [5.41, 5.74) is 0. The molecule has 2 aliphatic carbocycles. The highest BCUT2D eigenvalue weighted by Crippen LogP contribution is 2.41. The Morgan fingerprint density at radius 3 is 2.79 bits per heavy atom. The normalized spacial score (nSPS) is 36.1. The van der Waals surface area contributed by atoms with Gasteiger partial charge in [0.05, 0.1) is 0 Å². The number of fused-ring (bicyclic) bond motifs is 1. The lowest BCUT2D eigenvalue weighted by atomic mass is 9.79. The van der Waals surface area contributed by atoms with E-state index < -0.39 is 0 Å². The maximum absolute atomic E-state index is 11.1. The molecule has 78 valence electrons. The first kappa shape index (κ1) is 9.75. The van der Waals surface area contributed by atoms with Crippen LogP contribution in [0.4, 0.5) is 0 Å². The Balaban J connectivity index is 1.85. The van der Waals surface area contributed by atoms with Crippen molar-refractivity contribution in [1.29, 1.82) is 0 Å². The number of hydrogen-bond donors (Lipinski definition) is 1. The number of carbonyl (C=O) groups excluding carboxylic acids is 1. The minimum absolute atomic E-state index is 0.00792. The molecular weight excluding hydrogens is 174 g/mol. The van der Waals surface area contributed by atoms with Crippen molar-refractivity contribution < 1.29 is 4.79 Å². The van der Waals surface area contributed by atoms with Crippen LogP contribution in [0.15, 0.2) is 12.7 Å². The van der Waals surface area contributed by atoms with Gasteiger partial charge in [0.15, 0.2) is 0 Å². The van der Waals surface area contributed by atoms with Crippen molar-refractivity contribution in [2.75, 3.05) is 0 Å². The summed E-state index contributed by atoms with van der Waals surface area (Å²) in [5, 5.41) is 3.02. The average molecular weight is 193 g/mol. The van der Waals surface area contributed by atoms with Crippen LogP contribution in [-0.4, -0.2) is 11.9 Å². The Kier molecular flexibility index (Phi) is 2.90. The topological polar surface area (TPSA) is 29.1 Å². The summed E-state index contributed by atoms with van der Waals surface area (Å²) in [4.78, 5) is 11.1. The van der Waals surface area contributed by atoms with E-state index in [1.807, 2.05) is 0 Å². The van der Waals surface area contributed by atoms with Crippen LogP contribution in [-0.2, 0) is 4.79 Å². The van der Waals surface area contributed by atoms with Gasteiger partial charge in [0.1, 0.15) is 0 Å². The van der Waals surface area contributed by atoms with E-state index in [4.69, 9.17) is 0 Å². The van der Waals surface area contributed by atoms with E-state index in [-0.39, 0.29) is 5.91 Å². The molecule has 14 heavy (non-hydrogen) atoms. The monoisotopic (exact) mass is 193 g/mol. The molecule has 3 atom stereocenters. The fourth-order valence-electron chi connectivity index (χ4n) is 3.09. The van der Waals surface area contributed by atoms with Crippen molar-refractivity contribution in [3.63, 3.8) is 0 Å². The van der Waals surface area contributed by atoms with Gasteiger partial charge >= 0.3 is 0 Å². The van der Waals surface area contributed by atoms with Gasteiger partial charge in [-0.25, -0.2) is 0 Å². The van der Waals surface area contributed by atoms with Crippen LogP contribution in [0.25, 0.3) is 0 Å². The highest BCUT2D eigenvalue weighted by molar-refractivity contribution is 5.87. The lowest BCUT2D eigenvalue weighted by molar-refractivity contribution is -0.117. The molecule has 2 rings (SSSR count). The zero-order valence-electron chi connectivity index (χ0n) is 8.67. The van der Waals surface area contributed by atoms with Crippen molar-refractivity contribution in [3.05, 3.63) is 12.7 Å². The fourth-order valence-corrected chi connectivity index (χ4v) is 3.09. The van der Waals surface area contributed by atoms with Gasteiger partial charge in [-0.1, -0.05) is 25.8 Å². The minimum atomic E-state index is -0.00792. The summed E-state index contributed by atoms with van der Waals surface area (Å²) in [7, 11) is 0. The zero-order chi connectivity index (χ0) is 9.97. The summed E-state index contributed by atoms with van der Waals surface area (Å²) in [6.45, 7) is 3.48. The van der Waals surface area contributed by atoms with Gasteiger partial charge in [0, 0.05) is 6.04 Å². The quantitative estimate of drug-likeness (QED) is 0.670. The lowest BCUT2D eigenvalue weighted by Gasteiger charge is -2.32. The van der Waals surface area contributed by atoms with E-state index >= 15 is 0 Å². The second-order valence-electron chi connectivity index (χ2n) is 4.67. The lowest BCUT2D eigenvalue weighted by Crippen LogP contribution is -2.38. The highest BCUT2D eigenvalue weighted by Gasteiger charge is 2.33. The molecule has 3 unspecified atom stereocenters. The third-order valence-corrected chi connectivity index (χ3v) is 3.82. The Morgan fingerprint density at radius 2 is 2.00 bits per heavy atom. The maximum atomic E-state index is 11.1.